The Morgan fingerprint density at radius 2 is 2.46 bits per heavy atom. The number of carbonyl (C=O) groups excluding carboxylic acids is 1. The summed E-state index contributed by atoms with van der Waals surface area (Å²) in [5, 5.41) is 2.89. The topological polar surface area (TPSA) is 32.3 Å². The average Bonchev–Trinajstić information content (AvgIpc) is 2.16. The van der Waals surface area contributed by atoms with Gasteiger partial charge in [-0.2, -0.15) is 0 Å². The lowest BCUT2D eigenvalue weighted by atomic mass is 10.0. The average molecular weight is 186 g/mol. The maximum atomic E-state index is 13.3. The number of carbonyl (C=O) groups is 1. The molecule has 1 amide bonds. The van der Waals surface area contributed by atoms with E-state index in [1.165, 1.54) is 11.0 Å². The van der Waals surface area contributed by atoms with Crippen LogP contribution in [0.4, 0.5) is 4.39 Å². The number of amides is 1. The summed E-state index contributed by atoms with van der Waals surface area (Å²) in [6, 6.07) is -0.117. The molecule has 1 fully saturated rings. The fourth-order valence-electron chi connectivity index (χ4n) is 1.56. The summed E-state index contributed by atoms with van der Waals surface area (Å²) in [5.74, 6) is -0.183. The Bertz CT molecular complexity index is 208. The molecule has 0 bridgehead atoms. The predicted octanol–water partition coefficient (Wildman–Crippen LogP) is 0.331. The van der Waals surface area contributed by atoms with Crippen molar-refractivity contribution in [3.05, 3.63) is 12.7 Å². The van der Waals surface area contributed by atoms with Crippen LogP contribution in [0.15, 0.2) is 12.7 Å². The van der Waals surface area contributed by atoms with Gasteiger partial charge in [-0.1, -0.05) is 6.58 Å². The van der Waals surface area contributed by atoms with Gasteiger partial charge >= 0.3 is 0 Å². The third-order valence-corrected chi connectivity index (χ3v) is 2.40. The SMILES string of the molecule is C=CC(=O)N1CCC(NC)C(F)C1. The normalized spacial score (nSPS) is 28.6. The molecule has 2 atom stereocenters. The van der Waals surface area contributed by atoms with E-state index in [2.05, 4.69) is 11.9 Å². The van der Waals surface area contributed by atoms with E-state index in [-0.39, 0.29) is 18.5 Å². The zero-order chi connectivity index (χ0) is 9.84. The van der Waals surface area contributed by atoms with Gasteiger partial charge in [0, 0.05) is 12.6 Å². The van der Waals surface area contributed by atoms with Crippen LogP contribution in [0.3, 0.4) is 0 Å². The van der Waals surface area contributed by atoms with E-state index in [9.17, 15) is 9.18 Å². The predicted molar refractivity (Wildman–Crippen MR) is 49.1 cm³/mol. The molecule has 0 aliphatic carbocycles. The van der Waals surface area contributed by atoms with Crippen LogP contribution < -0.4 is 5.32 Å². The lowest BCUT2D eigenvalue weighted by Crippen LogP contribution is -2.51. The van der Waals surface area contributed by atoms with E-state index in [1.807, 2.05) is 0 Å². The Labute approximate surface area is 77.6 Å². The first-order chi connectivity index (χ1) is 6.19. The fourth-order valence-corrected chi connectivity index (χ4v) is 1.56. The van der Waals surface area contributed by atoms with E-state index in [4.69, 9.17) is 0 Å². The molecule has 4 heteroatoms. The molecule has 0 aromatic rings. The quantitative estimate of drug-likeness (QED) is 0.630. The minimum absolute atomic E-state index is 0.117. The van der Waals surface area contributed by atoms with Gasteiger partial charge in [-0.05, 0) is 19.5 Å². The summed E-state index contributed by atoms with van der Waals surface area (Å²) in [6.07, 6.45) is 0.923. The molecule has 0 radical (unpaired) electrons. The third-order valence-electron chi connectivity index (χ3n) is 2.40. The van der Waals surface area contributed by atoms with Gasteiger partial charge in [-0.3, -0.25) is 4.79 Å². The van der Waals surface area contributed by atoms with Crippen molar-refractivity contribution in [2.75, 3.05) is 20.1 Å². The molecule has 0 saturated carbocycles. The van der Waals surface area contributed by atoms with Gasteiger partial charge in [0.2, 0.25) is 5.91 Å². The monoisotopic (exact) mass is 186 g/mol. The van der Waals surface area contributed by atoms with E-state index in [1.54, 1.807) is 7.05 Å². The lowest BCUT2D eigenvalue weighted by molar-refractivity contribution is -0.128. The van der Waals surface area contributed by atoms with Crippen molar-refractivity contribution in [2.45, 2.75) is 18.6 Å². The molecule has 1 heterocycles. The van der Waals surface area contributed by atoms with Gasteiger partial charge in [0.05, 0.1) is 6.54 Å². The number of piperidine rings is 1. The van der Waals surface area contributed by atoms with Crippen LogP contribution in [-0.4, -0.2) is 43.2 Å². The molecule has 0 spiro atoms. The summed E-state index contributed by atoms with van der Waals surface area (Å²) in [6.45, 7) is 4.16. The van der Waals surface area contributed by atoms with Crippen LogP contribution in [0.1, 0.15) is 6.42 Å². The summed E-state index contributed by atoms with van der Waals surface area (Å²) < 4.78 is 13.3. The van der Waals surface area contributed by atoms with Gasteiger partial charge < -0.3 is 10.2 Å². The Kier molecular flexibility index (Phi) is 3.42. The summed E-state index contributed by atoms with van der Waals surface area (Å²) in [5.41, 5.74) is 0. The van der Waals surface area contributed by atoms with Crippen LogP contribution in [-0.2, 0) is 4.79 Å². The molecule has 1 N–H and O–H groups in total. The Morgan fingerprint density at radius 1 is 1.77 bits per heavy atom. The number of hydrogen-bond acceptors (Lipinski definition) is 2. The van der Waals surface area contributed by atoms with Gasteiger partial charge in [-0.15, -0.1) is 0 Å². The second-order valence-electron chi connectivity index (χ2n) is 3.19. The highest BCUT2D eigenvalue weighted by molar-refractivity contribution is 5.87. The van der Waals surface area contributed by atoms with Crippen molar-refractivity contribution in [3.63, 3.8) is 0 Å². The fraction of sp³-hybridized carbons (Fsp3) is 0.667. The van der Waals surface area contributed by atoms with Gasteiger partial charge in [0.25, 0.3) is 0 Å². The first kappa shape index (κ1) is 10.2. The molecular weight excluding hydrogens is 171 g/mol. The van der Waals surface area contributed by atoms with Crippen molar-refractivity contribution < 1.29 is 9.18 Å². The highest BCUT2D eigenvalue weighted by atomic mass is 19.1. The first-order valence-electron chi connectivity index (χ1n) is 4.41. The molecule has 1 aliphatic rings. The molecule has 1 aliphatic heterocycles. The molecule has 1 rings (SSSR count). The summed E-state index contributed by atoms with van der Waals surface area (Å²) in [7, 11) is 1.74. The first-order valence-corrected chi connectivity index (χ1v) is 4.41. The van der Waals surface area contributed by atoms with Crippen molar-refractivity contribution in [1.82, 2.24) is 10.2 Å². The van der Waals surface area contributed by atoms with Crippen molar-refractivity contribution in [1.29, 1.82) is 0 Å². The second-order valence-corrected chi connectivity index (χ2v) is 3.19. The number of halogens is 1. The van der Waals surface area contributed by atoms with E-state index in [0.29, 0.717) is 13.0 Å². The molecule has 1 saturated heterocycles. The zero-order valence-electron chi connectivity index (χ0n) is 7.79. The standard InChI is InChI=1S/C9H15FN2O/c1-3-9(13)12-5-4-8(11-2)7(10)6-12/h3,7-8,11H,1,4-6H2,2H3. The smallest absolute Gasteiger partial charge is 0.246 e. The van der Waals surface area contributed by atoms with E-state index >= 15 is 0 Å². The van der Waals surface area contributed by atoms with Crippen LogP contribution in [0, 0.1) is 0 Å². The van der Waals surface area contributed by atoms with Crippen LogP contribution >= 0.6 is 0 Å². The molecule has 2 unspecified atom stereocenters. The largest absolute Gasteiger partial charge is 0.336 e. The van der Waals surface area contributed by atoms with Crippen LogP contribution in [0.2, 0.25) is 0 Å². The third kappa shape index (κ3) is 2.28. The minimum atomic E-state index is -0.970. The maximum absolute atomic E-state index is 13.3. The van der Waals surface area contributed by atoms with Crippen LogP contribution in [0.25, 0.3) is 0 Å². The maximum Gasteiger partial charge on any atom is 0.246 e. The molecule has 3 nitrogen and oxygen atoms in total. The number of hydrogen-bond donors (Lipinski definition) is 1. The minimum Gasteiger partial charge on any atom is -0.336 e. The number of likely N-dealkylation sites (tertiary alicyclic amines) is 1. The van der Waals surface area contributed by atoms with Gasteiger partial charge in [0.1, 0.15) is 6.17 Å². The van der Waals surface area contributed by atoms with Crippen molar-refractivity contribution >= 4 is 5.91 Å². The molecule has 0 aromatic carbocycles. The van der Waals surface area contributed by atoms with Gasteiger partial charge in [0.15, 0.2) is 0 Å². The number of nitrogens with zero attached hydrogens (tertiary/aromatic N) is 1. The molecular formula is C9H15FN2O. The van der Waals surface area contributed by atoms with E-state index < -0.39 is 6.17 Å². The second kappa shape index (κ2) is 4.37. The van der Waals surface area contributed by atoms with Crippen LogP contribution in [0.5, 0.6) is 0 Å². The Balaban J connectivity index is 2.50. The highest BCUT2D eigenvalue weighted by Crippen LogP contribution is 2.13. The van der Waals surface area contributed by atoms with E-state index in [0.717, 1.165) is 0 Å². The zero-order valence-corrected chi connectivity index (χ0v) is 7.79. The summed E-state index contributed by atoms with van der Waals surface area (Å²) in [4.78, 5) is 12.6. The van der Waals surface area contributed by atoms with Crippen molar-refractivity contribution in [2.24, 2.45) is 0 Å². The summed E-state index contributed by atoms with van der Waals surface area (Å²) >= 11 is 0. The number of nitrogens with one attached hydrogen (secondary N) is 1. The van der Waals surface area contributed by atoms with Crippen molar-refractivity contribution in [3.8, 4) is 0 Å². The van der Waals surface area contributed by atoms with Gasteiger partial charge in [-0.25, -0.2) is 4.39 Å². The molecule has 0 aromatic heterocycles. The Hall–Kier alpha value is -0.900. The Morgan fingerprint density at radius 3 is 2.92 bits per heavy atom. The molecule has 74 valence electrons. The number of alkyl halides is 1. The number of rotatable bonds is 2. The lowest BCUT2D eigenvalue weighted by Gasteiger charge is -2.33. The molecule has 13 heavy (non-hydrogen) atoms. The highest BCUT2D eigenvalue weighted by Gasteiger charge is 2.29.